The highest BCUT2D eigenvalue weighted by Crippen LogP contribution is 2.13. The molecule has 0 N–H and O–H groups in total. The molecule has 0 saturated carbocycles. The molecule has 0 spiro atoms. The first-order chi connectivity index (χ1) is 2.56. The van der Waals surface area contributed by atoms with Crippen molar-refractivity contribution in [1.29, 1.82) is 0 Å². The van der Waals surface area contributed by atoms with Crippen LogP contribution in [0.25, 0.3) is 0 Å². The molecule has 0 heterocycles. The molecule has 43 valence electrons. The Morgan fingerprint density at radius 1 is 1.14 bits per heavy atom. The maximum Gasteiger partial charge on any atom is 0.416 e. The summed E-state index contributed by atoms with van der Waals surface area (Å²) in [5, 5.41) is 0. The summed E-state index contributed by atoms with van der Waals surface area (Å²) in [4.78, 5) is 0. The topological polar surface area (TPSA) is 0 Å². The third-order valence-corrected chi connectivity index (χ3v) is 0.152. The van der Waals surface area contributed by atoms with Crippen LogP contribution in [-0.4, -0.2) is 12.9 Å². The van der Waals surface area contributed by atoms with Crippen LogP contribution in [0.2, 0.25) is 0 Å². The molecule has 0 rings (SSSR count). The molecule has 0 nitrogen and oxygen atoms in total. The molecule has 0 saturated heterocycles. The minimum absolute atomic E-state index is 0. The van der Waals surface area contributed by atoms with Crippen molar-refractivity contribution in [3.63, 3.8) is 0 Å². The SMILES string of the molecule is FCC(F)(F)F.[CH]. The summed E-state index contributed by atoms with van der Waals surface area (Å²) in [7, 11) is 0. The van der Waals surface area contributed by atoms with Gasteiger partial charge in [0, 0.05) is 0 Å². The smallest absolute Gasteiger partial charge is 0.241 e. The van der Waals surface area contributed by atoms with Crippen LogP contribution in [0, 0.1) is 7.43 Å². The number of hydrogen-bond donors (Lipinski definition) is 0. The van der Waals surface area contributed by atoms with Crippen LogP contribution in [0.1, 0.15) is 0 Å². The second-order valence-corrected chi connectivity index (χ2v) is 0.749. The van der Waals surface area contributed by atoms with Crippen molar-refractivity contribution in [2.75, 3.05) is 6.67 Å². The molecule has 0 unspecified atom stereocenters. The average Bonchev–Trinajstić information content (AvgIpc) is 1.35. The summed E-state index contributed by atoms with van der Waals surface area (Å²) in [6.45, 7) is -2.23. The number of alkyl halides is 4. The Bertz CT molecular complexity index is 36.7. The van der Waals surface area contributed by atoms with Gasteiger partial charge < -0.3 is 0 Å². The van der Waals surface area contributed by atoms with Crippen LogP contribution in [-0.2, 0) is 0 Å². The maximum absolute atomic E-state index is 10.4. The normalized spacial score (nSPS) is 10.3. The molecule has 0 atom stereocenters. The lowest BCUT2D eigenvalue weighted by atomic mass is 10.8. The first kappa shape index (κ1) is 9.87. The minimum atomic E-state index is -4.62. The molecule has 0 fully saturated rings. The lowest BCUT2D eigenvalue weighted by Gasteiger charge is -1.93. The van der Waals surface area contributed by atoms with Gasteiger partial charge in [0.1, 0.15) is 0 Å². The van der Waals surface area contributed by atoms with Gasteiger partial charge in [-0.1, -0.05) is 0 Å². The number of halogens is 4. The van der Waals surface area contributed by atoms with Gasteiger partial charge in [-0.15, -0.1) is 0 Å². The van der Waals surface area contributed by atoms with Gasteiger partial charge in [-0.25, -0.2) is 4.39 Å². The highest BCUT2D eigenvalue weighted by Gasteiger charge is 2.26. The summed E-state index contributed by atoms with van der Waals surface area (Å²) >= 11 is 0. The number of rotatable bonds is 0. The van der Waals surface area contributed by atoms with Crippen LogP contribution < -0.4 is 0 Å². The predicted octanol–water partition coefficient (Wildman–Crippen LogP) is 1.72. The van der Waals surface area contributed by atoms with Crippen LogP contribution in [0.5, 0.6) is 0 Å². The Balaban J connectivity index is 0. The Morgan fingerprint density at radius 3 is 1.29 bits per heavy atom. The van der Waals surface area contributed by atoms with Crippen molar-refractivity contribution >= 4 is 0 Å². The standard InChI is InChI=1S/C2H2F4.CH/c3-1-2(4,5)6;/h1H2;1H. The highest BCUT2D eigenvalue weighted by atomic mass is 19.4. The molecular formula is C3H3F4. The maximum atomic E-state index is 10.4. The fraction of sp³-hybridized carbons (Fsp3) is 0.667. The van der Waals surface area contributed by atoms with Crippen LogP contribution in [0.4, 0.5) is 17.6 Å². The molecule has 0 aromatic heterocycles. The molecule has 0 aromatic carbocycles. The fourth-order valence-electron chi connectivity index (χ4n) is 0. The van der Waals surface area contributed by atoms with E-state index < -0.39 is 12.9 Å². The summed E-state index contributed by atoms with van der Waals surface area (Å²) in [6, 6.07) is 0. The van der Waals surface area contributed by atoms with E-state index in [0.717, 1.165) is 0 Å². The highest BCUT2D eigenvalue weighted by molar-refractivity contribution is 4.39. The van der Waals surface area contributed by atoms with Gasteiger partial charge in [0.2, 0.25) is 0 Å². The van der Waals surface area contributed by atoms with E-state index in [9.17, 15) is 17.6 Å². The van der Waals surface area contributed by atoms with Crippen LogP contribution in [0.15, 0.2) is 0 Å². The van der Waals surface area contributed by atoms with E-state index in [-0.39, 0.29) is 7.43 Å². The van der Waals surface area contributed by atoms with Crippen molar-refractivity contribution in [2.45, 2.75) is 6.18 Å². The largest absolute Gasteiger partial charge is 0.416 e. The van der Waals surface area contributed by atoms with Crippen LogP contribution >= 0.6 is 0 Å². The first-order valence-corrected chi connectivity index (χ1v) is 1.19. The van der Waals surface area contributed by atoms with E-state index in [0.29, 0.717) is 0 Å². The van der Waals surface area contributed by atoms with E-state index in [1.165, 1.54) is 0 Å². The second kappa shape index (κ2) is 2.82. The van der Waals surface area contributed by atoms with E-state index in [1.54, 1.807) is 0 Å². The predicted molar refractivity (Wildman–Crippen MR) is 16.3 cm³/mol. The van der Waals surface area contributed by atoms with E-state index in [4.69, 9.17) is 0 Å². The first-order valence-electron chi connectivity index (χ1n) is 1.19. The minimum Gasteiger partial charge on any atom is -0.241 e. The van der Waals surface area contributed by atoms with Crippen LogP contribution in [0.3, 0.4) is 0 Å². The van der Waals surface area contributed by atoms with Gasteiger partial charge in [0.05, 0.1) is 0 Å². The zero-order valence-corrected chi connectivity index (χ0v) is 3.30. The average molecular weight is 115 g/mol. The summed E-state index contributed by atoms with van der Waals surface area (Å²) in [5.74, 6) is 0. The van der Waals surface area contributed by atoms with Crippen molar-refractivity contribution in [3.8, 4) is 0 Å². The van der Waals surface area contributed by atoms with E-state index in [2.05, 4.69) is 0 Å². The van der Waals surface area contributed by atoms with Crippen molar-refractivity contribution in [2.24, 2.45) is 0 Å². The lowest BCUT2D eigenvalue weighted by Crippen LogP contribution is -2.08. The fourth-order valence-corrected chi connectivity index (χ4v) is 0. The molecule has 7 heavy (non-hydrogen) atoms. The Morgan fingerprint density at radius 2 is 1.29 bits per heavy atom. The third kappa shape index (κ3) is 10.7. The van der Waals surface area contributed by atoms with Gasteiger partial charge >= 0.3 is 6.18 Å². The molecule has 0 aromatic rings. The van der Waals surface area contributed by atoms with E-state index in [1.807, 2.05) is 0 Å². The summed E-state index contributed by atoms with van der Waals surface area (Å²) < 4.78 is 41.6. The molecule has 4 heteroatoms. The Labute approximate surface area is 39.1 Å². The zero-order chi connectivity index (χ0) is 5.21. The molecule has 0 aliphatic carbocycles. The van der Waals surface area contributed by atoms with Gasteiger partial charge in [-0.2, -0.15) is 13.2 Å². The van der Waals surface area contributed by atoms with Gasteiger partial charge in [-0.05, 0) is 7.43 Å². The summed E-state index contributed by atoms with van der Waals surface area (Å²) in [5.41, 5.74) is 0. The van der Waals surface area contributed by atoms with Gasteiger partial charge in [0.15, 0.2) is 6.67 Å². The molecule has 0 amide bonds. The van der Waals surface area contributed by atoms with Crippen molar-refractivity contribution < 1.29 is 17.6 Å². The van der Waals surface area contributed by atoms with Gasteiger partial charge in [0.25, 0.3) is 0 Å². The summed E-state index contributed by atoms with van der Waals surface area (Å²) in [6.07, 6.45) is -4.62. The zero-order valence-electron chi connectivity index (χ0n) is 3.30. The number of hydrogen-bond acceptors (Lipinski definition) is 0. The van der Waals surface area contributed by atoms with Crippen molar-refractivity contribution in [3.05, 3.63) is 7.43 Å². The monoisotopic (exact) mass is 115 g/mol. The molecular weight excluding hydrogens is 112 g/mol. The molecule has 3 radical (unpaired) electrons. The quantitative estimate of drug-likeness (QED) is 0.421. The Hall–Kier alpha value is -0.280. The lowest BCUT2D eigenvalue weighted by molar-refractivity contribution is -0.142. The van der Waals surface area contributed by atoms with E-state index >= 15 is 0 Å². The molecule has 0 bridgehead atoms. The van der Waals surface area contributed by atoms with Crippen molar-refractivity contribution in [1.82, 2.24) is 0 Å². The molecule has 0 aliphatic rings. The molecule has 0 aliphatic heterocycles. The third-order valence-electron chi connectivity index (χ3n) is 0.152. The van der Waals surface area contributed by atoms with Gasteiger partial charge in [-0.3, -0.25) is 0 Å². The Kier molecular flexibility index (Phi) is 3.98. The second-order valence-electron chi connectivity index (χ2n) is 0.749.